The number of hydrogen-bond acceptors (Lipinski definition) is 4. The molecule has 0 saturated heterocycles. The van der Waals surface area contributed by atoms with Gasteiger partial charge in [-0.05, 0) is 11.6 Å². The van der Waals surface area contributed by atoms with Crippen LogP contribution >= 0.6 is 0 Å². The molecule has 5 nitrogen and oxygen atoms in total. The van der Waals surface area contributed by atoms with Crippen LogP contribution in [0.4, 0.5) is 4.39 Å². The van der Waals surface area contributed by atoms with Gasteiger partial charge < -0.3 is 14.5 Å². The quantitative estimate of drug-likeness (QED) is 0.738. The number of rotatable bonds is 6. The number of amides is 1. The zero-order valence-electron chi connectivity index (χ0n) is 13.8. The van der Waals surface area contributed by atoms with Gasteiger partial charge in [-0.3, -0.25) is 9.59 Å². The fraction of sp³-hybridized carbons (Fsp3) is 0.100. The summed E-state index contributed by atoms with van der Waals surface area (Å²) in [6, 6.07) is 16.5. The van der Waals surface area contributed by atoms with Gasteiger partial charge in [-0.1, -0.05) is 48.5 Å². The van der Waals surface area contributed by atoms with Crippen LogP contribution in [-0.4, -0.2) is 5.91 Å². The van der Waals surface area contributed by atoms with E-state index < -0.39 is 17.2 Å². The third kappa shape index (κ3) is 4.36. The van der Waals surface area contributed by atoms with Crippen molar-refractivity contribution in [1.82, 2.24) is 5.32 Å². The Morgan fingerprint density at radius 3 is 2.54 bits per heavy atom. The lowest BCUT2D eigenvalue weighted by molar-refractivity contribution is 0.0919. The molecule has 132 valence electrons. The fourth-order valence-corrected chi connectivity index (χ4v) is 2.26. The van der Waals surface area contributed by atoms with E-state index in [1.165, 1.54) is 6.07 Å². The third-order valence-corrected chi connectivity index (χ3v) is 3.66. The smallest absolute Gasteiger partial charge is 0.287 e. The second kappa shape index (κ2) is 8.11. The van der Waals surface area contributed by atoms with Crippen molar-refractivity contribution in [2.24, 2.45) is 0 Å². The molecule has 0 saturated carbocycles. The molecular formula is C20H16FNO4. The lowest BCUT2D eigenvalue weighted by Gasteiger charge is -2.07. The van der Waals surface area contributed by atoms with Crippen LogP contribution in [0.1, 0.15) is 21.7 Å². The van der Waals surface area contributed by atoms with Gasteiger partial charge >= 0.3 is 0 Å². The SMILES string of the molecule is O=C(NCc1ccccc1)c1cc(=O)c(OCc2ccccc2F)co1. The molecule has 1 aromatic heterocycles. The van der Waals surface area contributed by atoms with Gasteiger partial charge in [0.15, 0.2) is 5.76 Å². The van der Waals surface area contributed by atoms with Gasteiger partial charge in [0.1, 0.15) is 18.7 Å². The van der Waals surface area contributed by atoms with Crippen LogP contribution in [0.5, 0.6) is 5.75 Å². The summed E-state index contributed by atoms with van der Waals surface area (Å²) in [7, 11) is 0. The van der Waals surface area contributed by atoms with E-state index in [1.54, 1.807) is 18.2 Å². The van der Waals surface area contributed by atoms with Crippen molar-refractivity contribution in [3.05, 3.63) is 99.9 Å². The lowest BCUT2D eigenvalue weighted by Crippen LogP contribution is -2.24. The summed E-state index contributed by atoms with van der Waals surface area (Å²) in [6.45, 7) is 0.200. The number of benzene rings is 2. The molecule has 26 heavy (non-hydrogen) atoms. The summed E-state index contributed by atoms with van der Waals surface area (Å²) < 4.78 is 24.0. The first-order valence-corrected chi connectivity index (χ1v) is 7.94. The van der Waals surface area contributed by atoms with Crippen LogP contribution in [-0.2, 0) is 13.2 Å². The number of halogens is 1. The van der Waals surface area contributed by atoms with E-state index in [4.69, 9.17) is 9.15 Å². The second-order valence-electron chi connectivity index (χ2n) is 5.52. The highest BCUT2D eigenvalue weighted by atomic mass is 19.1. The van der Waals surface area contributed by atoms with Crippen LogP contribution in [0.25, 0.3) is 0 Å². The minimum atomic E-state index is -0.516. The fourth-order valence-electron chi connectivity index (χ4n) is 2.26. The molecule has 0 unspecified atom stereocenters. The Labute approximate surface area is 149 Å². The van der Waals surface area contributed by atoms with E-state index >= 15 is 0 Å². The van der Waals surface area contributed by atoms with Crippen molar-refractivity contribution in [3.8, 4) is 5.75 Å². The number of ether oxygens (including phenoxy) is 1. The number of hydrogen-bond donors (Lipinski definition) is 1. The van der Waals surface area contributed by atoms with E-state index in [-0.39, 0.29) is 18.1 Å². The predicted molar refractivity (Wildman–Crippen MR) is 93.3 cm³/mol. The van der Waals surface area contributed by atoms with Crippen LogP contribution in [0.15, 0.2) is 76.1 Å². The van der Waals surface area contributed by atoms with Gasteiger partial charge in [0.2, 0.25) is 11.2 Å². The summed E-state index contributed by atoms with van der Waals surface area (Å²) in [5, 5.41) is 2.67. The van der Waals surface area contributed by atoms with Gasteiger partial charge in [0, 0.05) is 18.2 Å². The van der Waals surface area contributed by atoms with Crippen molar-refractivity contribution in [3.63, 3.8) is 0 Å². The molecule has 0 fully saturated rings. The van der Waals surface area contributed by atoms with Crippen LogP contribution in [0.2, 0.25) is 0 Å². The zero-order valence-corrected chi connectivity index (χ0v) is 13.8. The summed E-state index contributed by atoms with van der Waals surface area (Å²) in [5.41, 5.74) is 0.724. The van der Waals surface area contributed by atoms with Gasteiger partial charge in [-0.2, -0.15) is 0 Å². The average molecular weight is 353 g/mol. The Morgan fingerprint density at radius 2 is 1.81 bits per heavy atom. The van der Waals surface area contributed by atoms with E-state index in [0.29, 0.717) is 12.1 Å². The molecule has 3 aromatic rings. The first-order valence-electron chi connectivity index (χ1n) is 7.94. The Kier molecular flexibility index (Phi) is 5.43. The van der Waals surface area contributed by atoms with Crippen molar-refractivity contribution in [1.29, 1.82) is 0 Å². The molecule has 3 rings (SSSR count). The van der Waals surface area contributed by atoms with Crippen LogP contribution < -0.4 is 15.5 Å². The molecule has 0 aliphatic heterocycles. The molecule has 0 bridgehead atoms. The van der Waals surface area contributed by atoms with E-state index in [2.05, 4.69) is 5.32 Å². The zero-order chi connectivity index (χ0) is 18.4. The highest BCUT2D eigenvalue weighted by Gasteiger charge is 2.12. The molecule has 0 aliphatic carbocycles. The highest BCUT2D eigenvalue weighted by Crippen LogP contribution is 2.12. The van der Waals surface area contributed by atoms with E-state index in [1.807, 2.05) is 30.3 Å². The molecule has 1 amide bonds. The molecule has 0 aliphatic rings. The van der Waals surface area contributed by atoms with Gasteiger partial charge in [-0.25, -0.2) is 4.39 Å². The van der Waals surface area contributed by atoms with E-state index in [0.717, 1.165) is 17.9 Å². The number of carbonyl (C=O) groups is 1. The standard InChI is InChI=1S/C20H16FNO4/c21-16-9-5-4-8-15(16)12-25-19-13-26-18(10-17(19)23)20(24)22-11-14-6-2-1-3-7-14/h1-10,13H,11-12H2,(H,22,24). The maximum atomic E-state index is 13.6. The Bertz CT molecular complexity index is 953. The lowest BCUT2D eigenvalue weighted by atomic mass is 10.2. The largest absolute Gasteiger partial charge is 0.482 e. The number of carbonyl (C=O) groups excluding carboxylic acids is 1. The van der Waals surface area contributed by atoms with Crippen molar-refractivity contribution in [2.45, 2.75) is 13.2 Å². The monoisotopic (exact) mass is 353 g/mol. The van der Waals surface area contributed by atoms with Crippen LogP contribution in [0, 0.1) is 5.82 Å². The number of nitrogens with one attached hydrogen (secondary N) is 1. The first kappa shape index (κ1) is 17.4. The molecule has 2 aromatic carbocycles. The molecular weight excluding hydrogens is 337 g/mol. The molecule has 0 atom stereocenters. The van der Waals surface area contributed by atoms with Crippen molar-refractivity contribution < 1.29 is 18.3 Å². The minimum absolute atomic E-state index is 0.0899. The maximum absolute atomic E-state index is 13.6. The average Bonchev–Trinajstić information content (AvgIpc) is 2.67. The molecule has 6 heteroatoms. The summed E-state index contributed by atoms with van der Waals surface area (Å²) in [4.78, 5) is 24.1. The second-order valence-corrected chi connectivity index (χ2v) is 5.52. The molecule has 0 radical (unpaired) electrons. The maximum Gasteiger partial charge on any atom is 0.287 e. The predicted octanol–water partition coefficient (Wildman–Crippen LogP) is 3.29. The Balaban J connectivity index is 1.62. The topological polar surface area (TPSA) is 68.5 Å². The molecule has 1 N–H and O–H groups in total. The van der Waals surface area contributed by atoms with E-state index in [9.17, 15) is 14.0 Å². The summed E-state index contributed by atoms with van der Waals surface area (Å²) in [6.07, 6.45) is 1.06. The minimum Gasteiger partial charge on any atom is -0.482 e. The Morgan fingerprint density at radius 1 is 1.08 bits per heavy atom. The van der Waals surface area contributed by atoms with Gasteiger partial charge in [-0.15, -0.1) is 0 Å². The van der Waals surface area contributed by atoms with Crippen molar-refractivity contribution >= 4 is 5.91 Å². The Hall–Kier alpha value is -3.41. The first-order chi connectivity index (χ1) is 12.6. The third-order valence-electron chi connectivity index (χ3n) is 3.66. The van der Waals surface area contributed by atoms with Gasteiger partial charge in [0.25, 0.3) is 5.91 Å². The van der Waals surface area contributed by atoms with Crippen LogP contribution in [0.3, 0.4) is 0 Å². The highest BCUT2D eigenvalue weighted by molar-refractivity contribution is 5.91. The van der Waals surface area contributed by atoms with Crippen molar-refractivity contribution in [2.75, 3.05) is 0 Å². The summed E-state index contributed by atoms with van der Waals surface area (Å²) >= 11 is 0. The summed E-state index contributed by atoms with van der Waals surface area (Å²) in [5.74, 6) is -1.14. The van der Waals surface area contributed by atoms with Gasteiger partial charge in [0.05, 0.1) is 0 Å². The molecule has 1 heterocycles. The molecule has 0 spiro atoms. The normalized spacial score (nSPS) is 10.3.